The third-order valence-corrected chi connectivity index (χ3v) is 3.50. The van der Waals surface area contributed by atoms with Crippen LogP contribution in [0.5, 0.6) is 5.88 Å². The molecule has 0 aliphatic carbocycles. The molecular formula is C11H16BrNO. The van der Waals surface area contributed by atoms with Gasteiger partial charge in [0.2, 0.25) is 5.88 Å². The third-order valence-electron chi connectivity index (χ3n) is 2.12. The van der Waals surface area contributed by atoms with E-state index in [2.05, 4.69) is 34.8 Å². The number of pyridine rings is 1. The van der Waals surface area contributed by atoms with E-state index in [4.69, 9.17) is 4.74 Å². The second-order valence-electron chi connectivity index (χ2n) is 3.64. The number of hydrogen-bond donors (Lipinski definition) is 0. The molecule has 0 saturated heterocycles. The summed E-state index contributed by atoms with van der Waals surface area (Å²) in [6.45, 7) is 4.39. The van der Waals surface area contributed by atoms with Crippen LogP contribution in [0.2, 0.25) is 0 Å². The van der Waals surface area contributed by atoms with E-state index in [1.807, 2.05) is 18.2 Å². The van der Waals surface area contributed by atoms with Crippen molar-refractivity contribution >= 4 is 15.9 Å². The van der Waals surface area contributed by atoms with Gasteiger partial charge >= 0.3 is 0 Å². The lowest BCUT2D eigenvalue weighted by Crippen LogP contribution is -2.11. The third kappa shape index (κ3) is 3.29. The molecule has 14 heavy (non-hydrogen) atoms. The van der Waals surface area contributed by atoms with Crippen molar-refractivity contribution in [1.29, 1.82) is 0 Å². The monoisotopic (exact) mass is 257 g/mol. The van der Waals surface area contributed by atoms with Gasteiger partial charge in [-0.05, 0) is 12.0 Å². The van der Waals surface area contributed by atoms with E-state index in [0.29, 0.717) is 16.6 Å². The summed E-state index contributed by atoms with van der Waals surface area (Å²) in [5.41, 5.74) is 1.07. The quantitative estimate of drug-likeness (QED) is 0.774. The summed E-state index contributed by atoms with van der Waals surface area (Å²) in [7, 11) is 1.64. The van der Waals surface area contributed by atoms with Crippen LogP contribution in [0, 0.1) is 5.92 Å². The minimum atomic E-state index is 0.474. The first-order valence-electron chi connectivity index (χ1n) is 4.77. The van der Waals surface area contributed by atoms with E-state index in [1.54, 1.807) is 7.11 Å². The molecule has 1 unspecified atom stereocenters. The minimum absolute atomic E-state index is 0.474. The van der Waals surface area contributed by atoms with Crippen LogP contribution in [0.25, 0.3) is 0 Å². The Bertz CT molecular complexity index is 288. The standard InChI is InChI=1S/C11H16BrNO/c1-8(2)10(12)7-9-5-4-6-11(13-9)14-3/h4-6,8,10H,7H2,1-3H3. The Morgan fingerprint density at radius 3 is 2.71 bits per heavy atom. The van der Waals surface area contributed by atoms with E-state index in [9.17, 15) is 0 Å². The summed E-state index contributed by atoms with van der Waals surface area (Å²) < 4.78 is 5.07. The van der Waals surface area contributed by atoms with Crippen LogP contribution in [0.4, 0.5) is 0 Å². The molecule has 0 radical (unpaired) electrons. The maximum Gasteiger partial charge on any atom is 0.213 e. The van der Waals surface area contributed by atoms with Crippen LogP contribution in [0.1, 0.15) is 19.5 Å². The van der Waals surface area contributed by atoms with Crippen molar-refractivity contribution in [1.82, 2.24) is 4.98 Å². The molecule has 78 valence electrons. The van der Waals surface area contributed by atoms with Crippen LogP contribution >= 0.6 is 15.9 Å². The van der Waals surface area contributed by atoms with Crippen molar-refractivity contribution < 1.29 is 4.74 Å². The predicted molar refractivity (Wildman–Crippen MR) is 62.0 cm³/mol. The van der Waals surface area contributed by atoms with Gasteiger partial charge < -0.3 is 4.74 Å². The Kier molecular flexibility index (Phi) is 4.39. The van der Waals surface area contributed by atoms with E-state index < -0.39 is 0 Å². The van der Waals surface area contributed by atoms with Crippen LogP contribution in [0.3, 0.4) is 0 Å². The summed E-state index contributed by atoms with van der Waals surface area (Å²) in [5, 5.41) is 0. The minimum Gasteiger partial charge on any atom is -0.481 e. The largest absolute Gasteiger partial charge is 0.481 e. The molecule has 0 fully saturated rings. The molecule has 1 rings (SSSR count). The van der Waals surface area contributed by atoms with Crippen LogP contribution in [-0.2, 0) is 6.42 Å². The van der Waals surface area contributed by atoms with Crippen molar-refractivity contribution in [3.05, 3.63) is 23.9 Å². The first-order valence-corrected chi connectivity index (χ1v) is 5.69. The average Bonchev–Trinajstić information content (AvgIpc) is 2.18. The number of aromatic nitrogens is 1. The molecule has 0 bridgehead atoms. The topological polar surface area (TPSA) is 22.1 Å². The van der Waals surface area contributed by atoms with Crippen molar-refractivity contribution in [2.75, 3.05) is 7.11 Å². The highest BCUT2D eigenvalue weighted by molar-refractivity contribution is 9.09. The zero-order valence-electron chi connectivity index (χ0n) is 8.83. The van der Waals surface area contributed by atoms with Gasteiger partial charge in [0.25, 0.3) is 0 Å². The molecule has 0 aliphatic heterocycles. The Morgan fingerprint density at radius 2 is 2.14 bits per heavy atom. The summed E-state index contributed by atoms with van der Waals surface area (Å²) in [4.78, 5) is 4.84. The molecule has 1 atom stereocenters. The Balaban J connectivity index is 2.66. The van der Waals surface area contributed by atoms with Gasteiger partial charge in [0.05, 0.1) is 7.11 Å². The van der Waals surface area contributed by atoms with Crippen LogP contribution in [-0.4, -0.2) is 16.9 Å². The fourth-order valence-corrected chi connectivity index (χ4v) is 1.45. The smallest absolute Gasteiger partial charge is 0.213 e. The van der Waals surface area contributed by atoms with Crippen LogP contribution < -0.4 is 4.74 Å². The Hall–Kier alpha value is -0.570. The van der Waals surface area contributed by atoms with Crippen LogP contribution in [0.15, 0.2) is 18.2 Å². The van der Waals surface area contributed by atoms with Crippen molar-refractivity contribution in [3.8, 4) is 5.88 Å². The van der Waals surface area contributed by atoms with E-state index in [1.165, 1.54) is 0 Å². The van der Waals surface area contributed by atoms with Gasteiger partial charge in [-0.25, -0.2) is 4.98 Å². The molecular weight excluding hydrogens is 242 g/mol. The number of methoxy groups -OCH3 is 1. The van der Waals surface area contributed by atoms with Crippen molar-refractivity contribution in [2.45, 2.75) is 25.1 Å². The fraction of sp³-hybridized carbons (Fsp3) is 0.545. The first kappa shape index (κ1) is 11.5. The molecule has 0 amide bonds. The Morgan fingerprint density at radius 1 is 1.43 bits per heavy atom. The molecule has 0 saturated carbocycles. The van der Waals surface area contributed by atoms with Gasteiger partial charge in [-0.3, -0.25) is 0 Å². The number of nitrogens with zero attached hydrogens (tertiary/aromatic N) is 1. The van der Waals surface area contributed by atoms with E-state index in [-0.39, 0.29) is 0 Å². The molecule has 3 heteroatoms. The molecule has 0 N–H and O–H groups in total. The molecule has 0 aliphatic rings. The molecule has 2 nitrogen and oxygen atoms in total. The number of alkyl halides is 1. The number of halogens is 1. The molecule has 1 heterocycles. The lowest BCUT2D eigenvalue weighted by molar-refractivity contribution is 0.396. The SMILES string of the molecule is COc1cccc(CC(Br)C(C)C)n1. The lowest BCUT2D eigenvalue weighted by atomic mass is 10.1. The van der Waals surface area contributed by atoms with Gasteiger partial charge in [0, 0.05) is 23.0 Å². The van der Waals surface area contributed by atoms with Gasteiger partial charge in [-0.2, -0.15) is 0 Å². The van der Waals surface area contributed by atoms with E-state index >= 15 is 0 Å². The lowest BCUT2D eigenvalue weighted by Gasteiger charge is -2.13. The molecule has 0 spiro atoms. The maximum absolute atomic E-state index is 5.07. The zero-order chi connectivity index (χ0) is 10.6. The van der Waals surface area contributed by atoms with E-state index in [0.717, 1.165) is 12.1 Å². The second kappa shape index (κ2) is 5.35. The number of rotatable bonds is 4. The zero-order valence-corrected chi connectivity index (χ0v) is 10.4. The average molecular weight is 258 g/mol. The maximum atomic E-state index is 5.07. The first-order chi connectivity index (χ1) is 6.63. The normalized spacial score (nSPS) is 12.9. The van der Waals surface area contributed by atoms with Gasteiger partial charge in [0.15, 0.2) is 0 Å². The van der Waals surface area contributed by atoms with Gasteiger partial charge in [-0.15, -0.1) is 0 Å². The summed E-state index contributed by atoms with van der Waals surface area (Å²) in [6, 6.07) is 5.86. The summed E-state index contributed by atoms with van der Waals surface area (Å²) in [6.07, 6.45) is 0.939. The highest BCUT2D eigenvalue weighted by Gasteiger charge is 2.10. The highest BCUT2D eigenvalue weighted by Crippen LogP contribution is 2.18. The van der Waals surface area contributed by atoms with Gasteiger partial charge in [-0.1, -0.05) is 35.8 Å². The second-order valence-corrected chi connectivity index (χ2v) is 4.81. The van der Waals surface area contributed by atoms with Crippen molar-refractivity contribution in [3.63, 3.8) is 0 Å². The molecule has 1 aromatic heterocycles. The number of hydrogen-bond acceptors (Lipinski definition) is 2. The number of ether oxygens (including phenoxy) is 1. The Labute approximate surface area is 93.8 Å². The fourth-order valence-electron chi connectivity index (χ4n) is 1.12. The molecule has 1 aromatic rings. The predicted octanol–water partition coefficient (Wildman–Crippen LogP) is 3.05. The van der Waals surface area contributed by atoms with Crippen molar-refractivity contribution in [2.24, 2.45) is 5.92 Å². The molecule has 0 aromatic carbocycles. The summed E-state index contributed by atoms with van der Waals surface area (Å²) >= 11 is 3.64. The summed E-state index contributed by atoms with van der Waals surface area (Å²) in [5.74, 6) is 1.30. The van der Waals surface area contributed by atoms with Gasteiger partial charge in [0.1, 0.15) is 0 Å². The highest BCUT2D eigenvalue weighted by atomic mass is 79.9.